The quantitative estimate of drug-likeness (QED) is 0.351. The van der Waals surface area contributed by atoms with Crippen LogP contribution in [-0.2, 0) is 14.3 Å². The van der Waals surface area contributed by atoms with Crippen LogP contribution in [0.3, 0.4) is 0 Å². The number of hydrogen-bond donors (Lipinski definition) is 1. The summed E-state index contributed by atoms with van der Waals surface area (Å²) in [5.41, 5.74) is 1.32. The van der Waals surface area contributed by atoms with Crippen LogP contribution in [0.15, 0.2) is 58.6 Å². The molecule has 2 fully saturated rings. The second kappa shape index (κ2) is 10.2. The van der Waals surface area contributed by atoms with E-state index in [0.717, 1.165) is 36.1 Å². The average molecular weight is 520 g/mol. The molecule has 2 aliphatic rings. The number of ketones is 1. The molecule has 1 atom stereocenters. The molecule has 168 valence electrons. The number of carbonyl (C=O) groups is 2. The van der Waals surface area contributed by atoms with Crippen molar-refractivity contribution in [2.75, 3.05) is 39.4 Å². The van der Waals surface area contributed by atoms with Crippen molar-refractivity contribution in [3.63, 3.8) is 0 Å². The largest absolute Gasteiger partial charge is 0.507 e. The Morgan fingerprint density at radius 2 is 1.69 bits per heavy atom. The van der Waals surface area contributed by atoms with Crippen LogP contribution < -0.4 is 0 Å². The number of hydrogen-bond acceptors (Lipinski definition) is 5. The zero-order valence-electron chi connectivity index (χ0n) is 17.5. The third kappa shape index (κ3) is 4.91. The number of halogens is 2. The zero-order chi connectivity index (χ0) is 22.7. The number of nitrogens with zero attached hydrogens (tertiary/aromatic N) is 2. The van der Waals surface area contributed by atoms with E-state index in [2.05, 4.69) is 20.8 Å². The SMILES string of the molecule is O=C1C(=O)N(CCCN2CCOCC2)C(c2ccc(Cl)cc2)/C1=C(/O)c1ccc(Br)cc1. The van der Waals surface area contributed by atoms with E-state index in [1.165, 1.54) is 0 Å². The van der Waals surface area contributed by atoms with Crippen molar-refractivity contribution >= 4 is 45.0 Å². The summed E-state index contributed by atoms with van der Waals surface area (Å²) in [5.74, 6) is -1.44. The van der Waals surface area contributed by atoms with Crippen molar-refractivity contribution in [2.45, 2.75) is 12.5 Å². The number of morpholine rings is 1. The number of aliphatic hydroxyl groups excluding tert-OH is 1. The van der Waals surface area contributed by atoms with Gasteiger partial charge in [-0.05, 0) is 36.2 Å². The first-order chi connectivity index (χ1) is 15.5. The fourth-order valence-electron chi connectivity index (χ4n) is 4.15. The summed E-state index contributed by atoms with van der Waals surface area (Å²) >= 11 is 9.44. The van der Waals surface area contributed by atoms with Crippen molar-refractivity contribution in [1.29, 1.82) is 0 Å². The molecule has 1 amide bonds. The first-order valence-electron chi connectivity index (χ1n) is 10.6. The van der Waals surface area contributed by atoms with Gasteiger partial charge in [-0.15, -0.1) is 0 Å². The summed E-state index contributed by atoms with van der Waals surface area (Å²) in [6, 6.07) is 13.4. The first-order valence-corrected chi connectivity index (χ1v) is 11.7. The van der Waals surface area contributed by atoms with Gasteiger partial charge in [-0.25, -0.2) is 0 Å². The van der Waals surface area contributed by atoms with Gasteiger partial charge >= 0.3 is 0 Å². The average Bonchev–Trinajstić information content (AvgIpc) is 3.05. The molecule has 6 nitrogen and oxygen atoms in total. The summed E-state index contributed by atoms with van der Waals surface area (Å²) in [6.45, 7) is 4.37. The molecule has 0 aromatic heterocycles. The maximum Gasteiger partial charge on any atom is 0.295 e. The summed E-state index contributed by atoms with van der Waals surface area (Å²) in [6.07, 6.45) is 0.718. The van der Waals surface area contributed by atoms with Gasteiger partial charge in [-0.1, -0.05) is 51.8 Å². The lowest BCUT2D eigenvalue weighted by Gasteiger charge is -2.29. The van der Waals surface area contributed by atoms with E-state index < -0.39 is 17.7 Å². The Bertz CT molecular complexity index is 1020. The number of Topliss-reactive ketones (excluding diaryl/α,β-unsaturated/α-hetero) is 1. The van der Waals surface area contributed by atoms with Gasteiger partial charge in [0.25, 0.3) is 11.7 Å². The van der Waals surface area contributed by atoms with Gasteiger partial charge in [0, 0.05) is 41.2 Å². The molecule has 1 unspecified atom stereocenters. The van der Waals surface area contributed by atoms with Crippen molar-refractivity contribution in [1.82, 2.24) is 9.80 Å². The van der Waals surface area contributed by atoms with Crippen LogP contribution in [0.1, 0.15) is 23.6 Å². The molecule has 1 N–H and O–H groups in total. The Labute approximate surface area is 200 Å². The van der Waals surface area contributed by atoms with Crippen LogP contribution in [0, 0.1) is 0 Å². The van der Waals surface area contributed by atoms with E-state index >= 15 is 0 Å². The number of aliphatic hydroxyl groups is 1. The Morgan fingerprint density at radius 1 is 1.03 bits per heavy atom. The lowest BCUT2D eigenvalue weighted by Crippen LogP contribution is -2.38. The van der Waals surface area contributed by atoms with Gasteiger partial charge in [0.1, 0.15) is 5.76 Å². The Kier molecular flexibility index (Phi) is 7.30. The minimum absolute atomic E-state index is 0.103. The van der Waals surface area contributed by atoms with Crippen molar-refractivity contribution < 1.29 is 19.4 Å². The van der Waals surface area contributed by atoms with Gasteiger partial charge < -0.3 is 14.7 Å². The standard InChI is InChI=1S/C24H24BrClN2O4/c25-18-6-2-17(3-7-18)22(29)20-21(16-4-8-19(26)9-5-16)28(24(31)23(20)30)11-1-10-27-12-14-32-15-13-27/h2-9,21,29H,1,10-15H2/b22-20-. The normalized spacial score (nSPS) is 21.3. The summed E-state index contributed by atoms with van der Waals surface area (Å²) < 4.78 is 6.24. The minimum Gasteiger partial charge on any atom is -0.507 e. The zero-order valence-corrected chi connectivity index (χ0v) is 19.8. The Balaban J connectivity index is 1.66. The van der Waals surface area contributed by atoms with Crippen LogP contribution in [-0.4, -0.2) is 66.0 Å². The van der Waals surface area contributed by atoms with Crippen LogP contribution in [0.5, 0.6) is 0 Å². The van der Waals surface area contributed by atoms with E-state index in [1.54, 1.807) is 53.4 Å². The third-order valence-corrected chi connectivity index (χ3v) is 6.60. The summed E-state index contributed by atoms with van der Waals surface area (Å²) in [4.78, 5) is 29.9. The van der Waals surface area contributed by atoms with Gasteiger partial charge in [0.05, 0.1) is 24.8 Å². The van der Waals surface area contributed by atoms with Gasteiger partial charge in [0.2, 0.25) is 0 Å². The molecule has 2 aromatic carbocycles. The molecule has 0 saturated carbocycles. The minimum atomic E-state index is -0.670. The molecule has 0 spiro atoms. The number of likely N-dealkylation sites (tertiary alicyclic amines) is 1. The van der Waals surface area contributed by atoms with E-state index in [0.29, 0.717) is 30.3 Å². The van der Waals surface area contributed by atoms with Gasteiger partial charge in [-0.3, -0.25) is 14.5 Å². The topological polar surface area (TPSA) is 70.1 Å². The predicted molar refractivity (Wildman–Crippen MR) is 126 cm³/mol. The Morgan fingerprint density at radius 3 is 2.34 bits per heavy atom. The molecule has 2 aliphatic heterocycles. The van der Waals surface area contributed by atoms with Crippen molar-refractivity contribution in [3.8, 4) is 0 Å². The lowest BCUT2D eigenvalue weighted by molar-refractivity contribution is -0.140. The second-order valence-electron chi connectivity index (χ2n) is 7.86. The monoisotopic (exact) mass is 518 g/mol. The van der Waals surface area contributed by atoms with Crippen LogP contribution in [0.25, 0.3) is 5.76 Å². The molecular formula is C24H24BrClN2O4. The highest BCUT2D eigenvalue weighted by molar-refractivity contribution is 9.10. The molecule has 8 heteroatoms. The molecule has 2 aromatic rings. The maximum atomic E-state index is 13.0. The molecular weight excluding hydrogens is 496 g/mol. The smallest absolute Gasteiger partial charge is 0.295 e. The van der Waals surface area contributed by atoms with Gasteiger partial charge in [-0.2, -0.15) is 0 Å². The molecule has 4 rings (SSSR count). The molecule has 0 bridgehead atoms. The molecule has 0 radical (unpaired) electrons. The fourth-order valence-corrected chi connectivity index (χ4v) is 4.55. The Hall–Kier alpha value is -2.19. The summed E-state index contributed by atoms with van der Waals surface area (Å²) in [5, 5.41) is 11.6. The number of amides is 1. The lowest BCUT2D eigenvalue weighted by atomic mass is 9.95. The van der Waals surface area contributed by atoms with Crippen LogP contribution >= 0.6 is 27.5 Å². The van der Waals surface area contributed by atoms with Crippen LogP contribution in [0.2, 0.25) is 5.02 Å². The van der Waals surface area contributed by atoms with E-state index in [1.807, 2.05) is 0 Å². The molecule has 32 heavy (non-hydrogen) atoms. The third-order valence-electron chi connectivity index (χ3n) is 5.82. The fraction of sp³-hybridized carbons (Fsp3) is 0.333. The number of carbonyl (C=O) groups excluding carboxylic acids is 2. The number of benzene rings is 2. The van der Waals surface area contributed by atoms with Crippen molar-refractivity contribution in [3.05, 3.63) is 74.7 Å². The highest BCUT2D eigenvalue weighted by Crippen LogP contribution is 2.39. The van der Waals surface area contributed by atoms with E-state index in [4.69, 9.17) is 16.3 Å². The predicted octanol–water partition coefficient (Wildman–Crippen LogP) is 4.25. The first kappa shape index (κ1) is 23.0. The number of rotatable bonds is 6. The highest BCUT2D eigenvalue weighted by atomic mass is 79.9. The maximum absolute atomic E-state index is 13.0. The van der Waals surface area contributed by atoms with E-state index in [-0.39, 0.29) is 11.3 Å². The highest BCUT2D eigenvalue weighted by Gasteiger charge is 2.45. The molecule has 2 heterocycles. The molecule has 0 aliphatic carbocycles. The van der Waals surface area contributed by atoms with Gasteiger partial charge in [0.15, 0.2) is 0 Å². The second-order valence-corrected chi connectivity index (χ2v) is 9.21. The van der Waals surface area contributed by atoms with Crippen molar-refractivity contribution in [2.24, 2.45) is 0 Å². The number of ether oxygens (including phenoxy) is 1. The summed E-state index contributed by atoms with van der Waals surface area (Å²) in [7, 11) is 0. The molecule has 2 saturated heterocycles. The van der Waals surface area contributed by atoms with Crippen LogP contribution in [0.4, 0.5) is 0 Å². The van der Waals surface area contributed by atoms with E-state index in [9.17, 15) is 14.7 Å².